The number of aromatic nitrogens is 8. The lowest BCUT2D eigenvalue weighted by molar-refractivity contribution is 0.953. The fourth-order valence-electron chi connectivity index (χ4n) is 12.9. The van der Waals surface area contributed by atoms with Crippen molar-refractivity contribution in [2.45, 2.75) is 6.92 Å². The first kappa shape index (κ1) is 36.8. The molecule has 0 aliphatic carbocycles. The van der Waals surface area contributed by atoms with E-state index in [4.69, 9.17) is 19.1 Å². The van der Waals surface area contributed by atoms with E-state index in [1.165, 1.54) is 18.2 Å². The molecule has 18 aromatic rings. The Morgan fingerprint density at radius 3 is 1.07 bits per heavy atom. The van der Waals surface area contributed by atoms with Gasteiger partial charge in [-0.15, -0.1) is 0 Å². The molecule has 0 amide bonds. The van der Waals surface area contributed by atoms with Gasteiger partial charge in [-0.2, -0.15) is 9.97 Å². The molecule has 392 valence electrons. The van der Waals surface area contributed by atoms with Crippen LogP contribution in [0.3, 0.4) is 0 Å². The van der Waals surface area contributed by atoms with E-state index in [1.807, 2.05) is 194 Å². The Kier molecular flexibility index (Phi) is 7.81. The molecule has 0 spiro atoms. The van der Waals surface area contributed by atoms with E-state index < -0.39 is 0 Å². The van der Waals surface area contributed by atoms with Crippen molar-refractivity contribution >= 4 is 109 Å². The number of hydrogen-bond donors (Lipinski definition) is 0. The van der Waals surface area contributed by atoms with Crippen molar-refractivity contribution < 1.29 is 15.1 Å². The van der Waals surface area contributed by atoms with Crippen molar-refractivity contribution in [3.63, 3.8) is 0 Å². The molecule has 0 fully saturated rings. The largest absolute Gasteiger partial charge is 0.307 e. The van der Waals surface area contributed by atoms with Crippen LogP contribution in [0.1, 0.15) is 20.6 Å². The summed E-state index contributed by atoms with van der Waals surface area (Å²) in [4.78, 5) is 15.6. The Morgan fingerprint density at radius 2 is 0.643 bits per heavy atom. The number of fused-ring (bicyclic) bond motifs is 17. The van der Waals surface area contributed by atoms with Gasteiger partial charge in [-0.25, -0.2) is 4.98 Å². The summed E-state index contributed by atoms with van der Waals surface area (Å²) < 4.78 is 115. The molecular weight excluding hydrogens is 1020 g/mol. The Morgan fingerprint density at radius 1 is 0.274 bits per heavy atom. The third-order valence-electron chi connectivity index (χ3n) is 16.4. The summed E-state index contributed by atoms with van der Waals surface area (Å²) >= 11 is 0. The number of nitrogens with zero attached hydrogens (tertiary/aromatic N) is 8. The molecule has 0 bridgehead atoms. The lowest BCUT2D eigenvalue weighted by Crippen LogP contribution is -2.06. The molecule has 8 heteroatoms. The predicted molar refractivity (Wildman–Crippen MR) is 347 cm³/mol. The summed E-state index contributed by atoms with van der Waals surface area (Å²) in [5, 5.41) is 4.80. The number of para-hydroxylation sites is 5. The van der Waals surface area contributed by atoms with Crippen LogP contribution in [-0.4, -0.2) is 37.8 Å². The Bertz CT molecular complexity index is 6030. The average molecular weight is 1080 g/mol. The monoisotopic (exact) mass is 1080 g/mol. The highest BCUT2D eigenvalue weighted by molar-refractivity contribution is 6.26. The van der Waals surface area contributed by atoms with Crippen LogP contribution in [0.2, 0.25) is 0 Å². The van der Waals surface area contributed by atoms with Crippen LogP contribution < -0.4 is 0 Å². The average Bonchev–Trinajstić information content (AvgIpc) is 1.57. The highest BCUT2D eigenvalue weighted by atomic mass is 15.2. The van der Waals surface area contributed by atoms with E-state index in [9.17, 15) is 11.0 Å². The second kappa shape index (κ2) is 17.8. The normalized spacial score (nSPS) is 13.9. The molecule has 6 aromatic heterocycles. The van der Waals surface area contributed by atoms with Crippen LogP contribution in [-0.2, 0) is 0 Å². The first-order valence-electron chi connectivity index (χ1n) is 33.2. The van der Waals surface area contributed by atoms with Gasteiger partial charge in [0, 0.05) is 87.7 Å². The minimum Gasteiger partial charge on any atom is -0.307 e. The SMILES string of the molecule is [2H]c1cc([2H])c2c(c1)c1c([2H])c([2H])c3c4cc([2H])cc([2H])c4n(-c4ccc5c(c4)c4cc(-n6c7c([2H])cc([2H])cc7c7c([2H])c([2H])c8c9cc(C)cc([2H])c9n(-c9ccccc9)c8c76)ccc4n5-c4nc(-c5ccccc5)nc(-c5ccccc5)n4)c3c1n2-c1ccccc1. The van der Waals surface area contributed by atoms with E-state index in [-0.39, 0.29) is 66.5 Å². The number of benzene rings is 12. The fourth-order valence-corrected chi connectivity index (χ4v) is 12.9. The van der Waals surface area contributed by atoms with Crippen LogP contribution in [0.25, 0.3) is 161 Å². The third-order valence-corrected chi connectivity index (χ3v) is 16.4. The summed E-state index contributed by atoms with van der Waals surface area (Å²) in [6.45, 7) is 1.92. The standard InChI is InChI=1S/C76H48N8/c1-47-34-41-67-61(44-47)60-40-39-59-56-30-16-19-33-66(56)83(72(59)73(60)81(67)51-26-12-5-13-27-51)53-36-43-69-63(46-53)62-45-52(35-42-68(62)84(69)76-78-74(48-20-6-2-7-21-48)77-75(79-76)49-22-8-3-9-23-49)82-65-32-18-15-29-55(65)58-38-37-57-54-28-14-17-31-64(54)80(70(57)71(58)82)50-24-10-4-11-25-50/h2-46H,1H3/i14D,15D,16D,31D,32D,33D,37D,38D,39D,40D,41D. The van der Waals surface area contributed by atoms with Gasteiger partial charge in [0.2, 0.25) is 5.95 Å². The molecular formula is C76H48N8. The molecule has 0 aliphatic heterocycles. The van der Waals surface area contributed by atoms with Gasteiger partial charge >= 0.3 is 0 Å². The molecule has 0 saturated heterocycles. The molecule has 12 aromatic carbocycles. The first-order chi connectivity index (χ1) is 46.1. The van der Waals surface area contributed by atoms with Gasteiger partial charge in [0.05, 0.1) is 70.2 Å². The minimum absolute atomic E-state index is 0.00147. The van der Waals surface area contributed by atoms with Gasteiger partial charge in [0.1, 0.15) is 0 Å². The van der Waals surface area contributed by atoms with E-state index in [0.29, 0.717) is 144 Å². The highest BCUT2D eigenvalue weighted by Gasteiger charge is 2.26. The fraction of sp³-hybridized carbons (Fsp3) is 0.0132. The van der Waals surface area contributed by atoms with Gasteiger partial charge < -0.3 is 18.3 Å². The zero-order valence-corrected chi connectivity index (χ0v) is 44.7. The minimum atomic E-state index is -0.142. The molecule has 84 heavy (non-hydrogen) atoms. The van der Waals surface area contributed by atoms with Crippen LogP contribution in [0.5, 0.6) is 0 Å². The van der Waals surface area contributed by atoms with Gasteiger partial charge in [-0.3, -0.25) is 4.57 Å². The van der Waals surface area contributed by atoms with Crippen LogP contribution in [0, 0.1) is 6.92 Å². The third kappa shape index (κ3) is 6.67. The van der Waals surface area contributed by atoms with E-state index in [2.05, 4.69) is 0 Å². The molecule has 0 radical (unpaired) electrons. The molecule has 8 nitrogen and oxygen atoms in total. The Hall–Kier alpha value is -11.4. The van der Waals surface area contributed by atoms with Crippen molar-refractivity contribution in [1.29, 1.82) is 0 Å². The summed E-state index contributed by atoms with van der Waals surface area (Å²) in [6, 6.07) is 63.7. The summed E-state index contributed by atoms with van der Waals surface area (Å²) in [6.07, 6.45) is 0. The van der Waals surface area contributed by atoms with E-state index in [1.54, 1.807) is 24.3 Å². The maximum Gasteiger partial charge on any atom is 0.238 e. The maximum atomic E-state index is 10.0. The molecule has 0 saturated carbocycles. The van der Waals surface area contributed by atoms with Gasteiger partial charge in [-0.05, 0) is 97.8 Å². The van der Waals surface area contributed by atoms with Crippen molar-refractivity contribution in [3.05, 3.63) is 278 Å². The second-order valence-corrected chi connectivity index (χ2v) is 21.2. The first-order valence-corrected chi connectivity index (χ1v) is 27.7. The summed E-state index contributed by atoms with van der Waals surface area (Å²) in [5.74, 6) is 1.15. The summed E-state index contributed by atoms with van der Waals surface area (Å²) in [5.41, 5.74) is 9.90. The van der Waals surface area contributed by atoms with Crippen molar-refractivity contribution in [2.24, 2.45) is 0 Å². The molecule has 0 unspecified atom stereocenters. The van der Waals surface area contributed by atoms with Crippen molar-refractivity contribution in [3.8, 4) is 51.5 Å². The van der Waals surface area contributed by atoms with E-state index >= 15 is 0 Å². The van der Waals surface area contributed by atoms with Crippen molar-refractivity contribution in [1.82, 2.24) is 37.8 Å². The van der Waals surface area contributed by atoms with Crippen LogP contribution in [0.4, 0.5) is 0 Å². The van der Waals surface area contributed by atoms with Gasteiger partial charge in [0.25, 0.3) is 0 Å². The molecule has 18 rings (SSSR count). The zero-order chi connectivity index (χ0) is 64.7. The lowest BCUT2D eigenvalue weighted by Gasteiger charge is -2.13. The van der Waals surface area contributed by atoms with Crippen molar-refractivity contribution in [2.75, 3.05) is 0 Å². The highest BCUT2D eigenvalue weighted by Crippen LogP contribution is 2.46. The van der Waals surface area contributed by atoms with Crippen LogP contribution in [0.15, 0.2) is 273 Å². The summed E-state index contributed by atoms with van der Waals surface area (Å²) in [7, 11) is 0. The Balaban J connectivity index is 1.02. The predicted octanol–water partition coefficient (Wildman–Crippen LogP) is 19.0. The Labute approximate surface area is 496 Å². The second-order valence-electron chi connectivity index (χ2n) is 21.2. The molecule has 0 N–H and O–H groups in total. The van der Waals surface area contributed by atoms with E-state index in [0.717, 1.165) is 22.4 Å². The topological polar surface area (TPSA) is 63.3 Å². The lowest BCUT2D eigenvalue weighted by atomic mass is 10.1. The number of aryl methyl sites for hydroxylation is 1. The number of hydrogen-bond acceptors (Lipinski definition) is 3. The zero-order valence-electron chi connectivity index (χ0n) is 55.7. The number of rotatable bonds is 7. The smallest absolute Gasteiger partial charge is 0.238 e. The maximum absolute atomic E-state index is 10.0. The molecule has 0 atom stereocenters. The molecule has 6 heterocycles. The quantitative estimate of drug-likeness (QED) is 0.160. The van der Waals surface area contributed by atoms with Gasteiger partial charge in [0.15, 0.2) is 11.6 Å². The van der Waals surface area contributed by atoms with Crippen LogP contribution >= 0.6 is 0 Å². The molecule has 0 aliphatic rings. The van der Waals surface area contributed by atoms with Gasteiger partial charge in [-0.1, -0.05) is 187 Å².